The van der Waals surface area contributed by atoms with E-state index in [1.165, 1.54) is 10.2 Å². The summed E-state index contributed by atoms with van der Waals surface area (Å²) in [7, 11) is 1.80. The monoisotopic (exact) mass is 315 g/mol. The molecule has 0 radical (unpaired) electrons. The number of methoxy groups -OCH3 is 1. The Labute approximate surface area is 117 Å². The Hall–Kier alpha value is -0.390. The van der Waals surface area contributed by atoms with Crippen molar-refractivity contribution >= 4 is 15.9 Å². The molecule has 18 heavy (non-hydrogen) atoms. The standard InChI is InChI=1S/C13H22BrN3O/c1-4-11-13(14)12(17(5-2)15-11)9-16-7-6-10(8-16)18-3/h10H,4-9H2,1-3H3. The first-order valence-electron chi connectivity index (χ1n) is 6.68. The van der Waals surface area contributed by atoms with E-state index in [2.05, 4.69) is 44.5 Å². The number of nitrogens with zero attached hydrogens (tertiary/aromatic N) is 3. The maximum absolute atomic E-state index is 5.42. The van der Waals surface area contributed by atoms with E-state index in [9.17, 15) is 0 Å². The van der Waals surface area contributed by atoms with Crippen LogP contribution >= 0.6 is 15.9 Å². The summed E-state index contributed by atoms with van der Waals surface area (Å²) in [6.07, 6.45) is 2.50. The Bertz CT molecular complexity index is 405. The van der Waals surface area contributed by atoms with Gasteiger partial charge in [0, 0.05) is 33.3 Å². The molecule has 0 spiro atoms. The summed E-state index contributed by atoms with van der Waals surface area (Å²) in [5.74, 6) is 0. The maximum atomic E-state index is 5.42. The molecule has 0 N–H and O–H groups in total. The Morgan fingerprint density at radius 3 is 2.78 bits per heavy atom. The molecule has 0 amide bonds. The zero-order valence-electron chi connectivity index (χ0n) is 11.4. The fraction of sp³-hybridized carbons (Fsp3) is 0.769. The van der Waals surface area contributed by atoms with Crippen LogP contribution in [0.1, 0.15) is 31.7 Å². The van der Waals surface area contributed by atoms with Gasteiger partial charge in [-0.2, -0.15) is 5.10 Å². The molecule has 1 aromatic rings. The Balaban J connectivity index is 2.11. The summed E-state index contributed by atoms with van der Waals surface area (Å²) in [6.45, 7) is 8.31. The van der Waals surface area contributed by atoms with E-state index < -0.39 is 0 Å². The molecule has 5 heteroatoms. The third kappa shape index (κ3) is 2.78. The minimum absolute atomic E-state index is 0.396. The summed E-state index contributed by atoms with van der Waals surface area (Å²) >= 11 is 3.70. The third-order valence-electron chi connectivity index (χ3n) is 3.63. The number of rotatable bonds is 5. The highest BCUT2D eigenvalue weighted by molar-refractivity contribution is 9.10. The van der Waals surface area contributed by atoms with Crippen molar-refractivity contribution in [1.82, 2.24) is 14.7 Å². The molecule has 1 aromatic heterocycles. The highest BCUT2D eigenvalue weighted by Crippen LogP contribution is 2.25. The van der Waals surface area contributed by atoms with Crippen molar-refractivity contribution in [2.45, 2.75) is 45.9 Å². The van der Waals surface area contributed by atoms with Crippen LogP contribution in [-0.2, 0) is 24.2 Å². The van der Waals surface area contributed by atoms with Gasteiger partial charge in [0.05, 0.1) is 22.0 Å². The predicted octanol–water partition coefficient (Wildman–Crippen LogP) is 2.45. The lowest BCUT2D eigenvalue weighted by atomic mass is 10.3. The lowest BCUT2D eigenvalue weighted by molar-refractivity contribution is 0.107. The largest absolute Gasteiger partial charge is 0.380 e. The molecule has 1 aliphatic heterocycles. The van der Waals surface area contributed by atoms with E-state index in [4.69, 9.17) is 4.74 Å². The number of hydrogen-bond donors (Lipinski definition) is 0. The van der Waals surface area contributed by atoms with Crippen molar-refractivity contribution < 1.29 is 4.74 Å². The van der Waals surface area contributed by atoms with Crippen LogP contribution in [0.25, 0.3) is 0 Å². The second-order valence-electron chi connectivity index (χ2n) is 4.76. The van der Waals surface area contributed by atoms with Gasteiger partial charge in [0.2, 0.25) is 0 Å². The van der Waals surface area contributed by atoms with Gasteiger partial charge < -0.3 is 4.74 Å². The molecule has 102 valence electrons. The highest BCUT2D eigenvalue weighted by Gasteiger charge is 2.24. The number of ether oxygens (including phenoxy) is 1. The van der Waals surface area contributed by atoms with Gasteiger partial charge in [-0.15, -0.1) is 0 Å². The first kappa shape index (κ1) is 14.0. The summed E-state index contributed by atoms with van der Waals surface area (Å²) in [4.78, 5) is 2.45. The van der Waals surface area contributed by atoms with E-state index in [-0.39, 0.29) is 0 Å². The molecule has 1 unspecified atom stereocenters. The average molecular weight is 316 g/mol. The van der Waals surface area contributed by atoms with Crippen LogP contribution < -0.4 is 0 Å². The number of hydrogen-bond acceptors (Lipinski definition) is 3. The molecule has 2 rings (SSSR count). The normalized spacial score (nSPS) is 20.8. The third-order valence-corrected chi connectivity index (χ3v) is 4.55. The molecule has 1 aliphatic rings. The van der Waals surface area contributed by atoms with Crippen LogP contribution in [0.5, 0.6) is 0 Å². The lowest BCUT2D eigenvalue weighted by Gasteiger charge is -2.16. The van der Waals surface area contributed by atoms with E-state index in [1.54, 1.807) is 7.11 Å². The van der Waals surface area contributed by atoms with Crippen molar-refractivity contribution in [3.63, 3.8) is 0 Å². The van der Waals surface area contributed by atoms with Crippen LogP contribution in [0.15, 0.2) is 4.47 Å². The number of aryl methyl sites for hydroxylation is 2. The second-order valence-corrected chi connectivity index (χ2v) is 5.55. The highest BCUT2D eigenvalue weighted by atomic mass is 79.9. The zero-order valence-corrected chi connectivity index (χ0v) is 13.0. The summed E-state index contributed by atoms with van der Waals surface area (Å²) in [5, 5.41) is 4.64. The molecule has 1 saturated heterocycles. The van der Waals surface area contributed by atoms with Gasteiger partial charge in [0.1, 0.15) is 0 Å². The smallest absolute Gasteiger partial charge is 0.0767 e. The Morgan fingerprint density at radius 2 is 2.22 bits per heavy atom. The van der Waals surface area contributed by atoms with Gasteiger partial charge in [-0.1, -0.05) is 6.92 Å². The zero-order chi connectivity index (χ0) is 13.1. The molecule has 0 aliphatic carbocycles. The van der Waals surface area contributed by atoms with Gasteiger partial charge in [-0.25, -0.2) is 0 Å². The van der Waals surface area contributed by atoms with Crippen LogP contribution in [0, 0.1) is 0 Å². The minimum Gasteiger partial charge on any atom is -0.380 e. The van der Waals surface area contributed by atoms with Gasteiger partial charge >= 0.3 is 0 Å². The van der Waals surface area contributed by atoms with E-state index in [1.807, 2.05) is 0 Å². The number of aromatic nitrogens is 2. The second kappa shape index (κ2) is 6.17. The Morgan fingerprint density at radius 1 is 1.44 bits per heavy atom. The summed E-state index contributed by atoms with van der Waals surface area (Å²) < 4.78 is 8.72. The van der Waals surface area contributed by atoms with Gasteiger partial charge in [0.15, 0.2) is 0 Å². The molecular formula is C13H22BrN3O. The molecule has 1 atom stereocenters. The fourth-order valence-electron chi connectivity index (χ4n) is 2.51. The van der Waals surface area contributed by atoms with Gasteiger partial charge in [0.25, 0.3) is 0 Å². The SMILES string of the molecule is CCc1nn(CC)c(CN2CCC(OC)C2)c1Br. The van der Waals surface area contributed by atoms with Crippen molar-refractivity contribution in [3.05, 3.63) is 15.9 Å². The van der Waals surface area contributed by atoms with Crippen molar-refractivity contribution in [2.24, 2.45) is 0 Å². The number of likely N-dealkylation sites (tertiary alicyclic amines) is 1. The summed E-state index contributed by atoms with van der Waals surface area (Å²) in [5.41, 5.74) is 2.46. The topological polar surface area (TPSA) is 30.3 Å². The van der Waals surface area contributed by atoms with E-state index >= 15 is 0 Å². The molecule has 2 heterocycles. The van der Waals surface area contributed by atoms with Gasteiger partial charge in [-0.3, -0.25) is 9.58 Å². The lowest BCUT2D eigenvalue weighted by Crippen LogP contribution is -2.24. The first-order valence-corrected chi connectivity index (χ1v) is 7.48. The first-order chi connectivity index (χ1) is 8.69. The van der Waals surface area contributed by atoms with Crippen molar-refractivity contribution in [3.8, 4) is 0 Å². The minimum atomic E-state index is 0.396. The molecule has 0 aromatic carbocycles. The molecule has 4 nitrogen and oxygen atoms in total. The average Bonchev–Trinajstić information content (AvgIpc) is 2.96. The quantitative estimate of drug-likeness (QED) is 0.836. The van der Waals surface area contributed by atoms with Crippen LogP contribution in [0.4, 0.5) is 0 Å². The van der Waals surface area contributed by atoms with Crippen molar-refractivity contribution in [1.29, 1.82) is 0 Å². The molecular weight excluding hydrogens is 294 g/mol. The van der Waals surface area contributed by atoms with Crippen LogP contribution in [0.3, 0.4) is 0 Å². The van der Waals surface area contributed by atoms with Crippen LogP contribution in [0.2, 0.25) is 0 Å². The van der Waals surface area contributed by atoms with E-state index in [0.717, 1.165) is 44.7 Å². The molecule has 0 bridgehead atoms. The van der Waals surface area contributed by atoms with Gasteiger partial charge in [-0.05, 0) is 35.7 Å². The van der Waals surface area contributed by atoms with Crippen molar-refractivity contribution in [2.75, 3.05) is 20.2 Å². The Kier molecular flexibility index (Phi) is 4.81. The van der Waals surface area contributed by atoms with Crippen LogP contribution in [-0.4, -0.2) is 41.0 Å². The number of halogens is 1. The molecule has 1 fully saturated rings. The molecule has 0 saturated carbocycles. The fourth-order valence-corrected chi connectivity index (χ4v) is 3.20. The summed E-state index contributed by atoms with van der Waals surface area (Å²) in [6, 6.07) is 0. The van der Waals surface area contributed by atoms with E-state index in [0.29, 0.717) is 6.10 Å². The maximum Gasteiger partial charge on any atom is 0.0767 e. The predicted molar refractivity (Wildman–Crippen MR) is 75.7 cm³/mol.